The Morgan fingerprint density at radius 2 is 2.10 bits per heavy atom. The van der Waals surface area contributed by atoms with Crippen LogP contribution in [0, 0.1) is 0 Å². The van der Waals surface area contributed by atoms with Crippen LogP contribution in [0.2, 0.25) is 0 Å². The molecule has 2 rings (SSSR count). The maximum absolute atomic E-state index is 11.9. The first-order valence-corrected chi connectivity index (χ1v) is 9.02. The third-order valence-corrected chi connectivity index (χ3v) is 5.02. The Hall–Kier alpha value is -0.950. The fraction of sp³-hybridized carbons (Fsp3) is 0.600. The second-order valence-electron chi connectivity index (χ2n) is 5.49. The number of hydrogen-bond acceptors (Lipinski definition) is 4. The van der Waals surface area contributed by atoms with E-state index in [1.807, 2.05) is 30.3 Å². The SMILES string of the molecule is CN1CCOC(CCNS(=O)(=O)CCc2ccccc2)C1. The highest BCUT2D eigenvalue weighted by Crippen LogP contribution is 2.06. The number of nitrogens with zero attached hydrogens (tertiary/aromatic N) is 1. The van der Waals surface area contributed by atoms with Crippen molar-refractivity contribution in [2.45, 2.75) is 18.9 Å². The van der Waals surface area contributed by atoms with E-state index in [1.165, 1.54) is 0 Å². The van der Waals surface area contributed by atoms with Crippen LogP contribution in [0.1, 0.15) is 12.0 Å². The molecule has 0 spiro atoms. The molecule has 118 valence electrons. The van der Waals surface area contributed by atoms with E-state index in [2.05, 4.69) is 16.7 Å². The lowest BCUT2D eigenvalue weighted by Crippen LogP contribution is -2.41. The van der Waals surface area contributed by atoms with Gasteiger partial charge in [-0.25, -0.2) is 13.1 Å². The van der Waals surface area contributed by atoms with Gasteiger partial charge in [0.15, 0.2) is 0 Å². The first-order valence-electron chi connectivity index (χ1n) is 7.36. The summed E-state index contributed by atoms with van der Waals surface area (Å²) in [5, 5.41) is 0. The van der Waals surface area contributed by atoms with Gasteiger partial charge < -0.3 is 9.64 Å². The highest BCUT2D eigenvalue weighted by molar-refractivity contribution is 7.89. The lowest BCUT2D eigenvalue weighted by Gasteiger charge is -2.30. The van der Waals surface area contributed by atoms with Crippen molar-refractivity contribution in [3.63, 3.8) is 0 Å². The summed E-state index contributed by atoms with van der Waals surface area (Å²) in [6.07, 6.45) is 1.38. The molecule has 1 aliphatic rings. The van der Waals surface area contributed by atoms with Gasteiger partial charge in [-0.3, -0.25) is 0 Å². The van der Waals surface area contributed by atoms with Crippen LogP contribution in [-0.2, 0) is 21.2 Å². The highest BCUT2D eigenvalue weighted by Gasteiger charge is 2.18. The van der Waals surface area contributed by atoms with Gasteiger partial charge >= 0.3 is 0 Å². The Kier molecular flexibility index (Phi) is 6.17. The number of rotatable bonds is 7. The average Bonchev–Trinajstić information content (AvgIpc) is 2.46. The summed E-state index contributed by atoms with van der Waals surface area (Å²) >= 11 is 0. The van der Waals surface area contributed by atoms with Crippen LogP contribution >= 0.6 is 0 Å². The number of benzene rings is 1. The first-order chi connectivity index (χ1) is 10.1. The van der Waals surface area contributed by atoms with Gasteiger partial charge in [0.1, 0.15) is 0 Å². The fourth-order valence-corrected chi connectivity index (χ4v) is 3.46. The molecule has 0 saturated carbocycles. The minimum absolute atomic E-state index is 0.126. The predicted octanol–water partition coefficient (Wildman–Crippen LogP) is 0.869. The van der Waals surface area contributed by atoms with Gasteiger partial charge in [0.05, 0.1) is 18.5 Å². The zero-order valence-electron chi connectivity index (χ0n) is 12.5. The standard InChI is InChI=1S/C15H24N2O3S/c1-17-10-11-20-15(13-17)7-9-16-21(18,19)12-8-14-5-3-2-4-6-14/h2-6,15-16H,7-13H2,1H3. The predicted molar refractivity (Wildman–Crippen MR) is 83.8 cm³/mol. The Morgan fingerprint density at radius 3 is 2.81 bits per heavy atom. The summed E-state index contributed by atoms with van der Waals surface area (Å²) < 4.78 is 32.2. The molecular formula is C15H24N2O3S. The Balaban J connectivity index is 1.69. The number of aryl methyl sites for hydroxylation is 1. The number of morpholine rings is 1. The molecule has 1 fully saturated rings. The van der Waals surface area contributed by atoms with Gasteiger partial charge in [-0.15, -0.1) is 0 Å². The number of likely N-dealkylation sites (N-methyl/N-ethyl adjacent to an activating group) is 1. The van der Waals surface area contributed by atoms with E-state index >= 15 is 0 Å². The van der Waals surface area contributed by atoms with E-state index in [-0.39, 0.29) is 11.9 Å². The smallest absolute Gasteiger partial charge is 0.211 e. The molecule has 5 nitrogen and oxygen atoms in total. The third-order valence-electron chi connectivity index (χ3n) is 3.63. The molecule has 1 heterocycles. The molecule has 6 heteroatoms. The van der Waals surface area contributed by atoms with Crippen molar-refractivity contribution in [1.82, 2.24) is 9.62 Å². The van der Waals surface area contributed by atoms with E-state index in [4.69, 9.17) is 4.74 Å². The van der Waals surface area contributed by atoms with Crippen LogP contribution in [0.15, 0.2) is 30.3 Å². The van der Waals surface area contributed by atoms with Crippen molar-refractivity contribution in [2.75, 3.05) is 39.0 Å². The van der Waals surface area contributed by atoms with Gasteiger partial charge in [-0.2, -0.15) is 0 Å². The van der Waals surface area contributed by atoms with Crippen LogP contribution in [-0.4, -0.2) is 58.5 Å². The van der Waals surface area contributed by atoms with Gasteiger partial charge in [-0.1, -0.05) is 30.3 Å². The monoisotopic (exact) mass is 312 g/mol. The summed E-state index contributed by atoms with van der Waals surface area (Å²) in [5.74, 6) is 0.127. The summed E-state index contributed by atoms with van der Waals surface area (Å²) in [6, 6.07) is 9.67. The van der Waals surface area contributed by atoms with Gasteiger partial charge in [0.25, 0.3) is 0 Å². The van der Waals surface area contributed by atoms with Crippen LogP contribution in [0.25, 0.3) is 0 Å². The van der Waals surface area contributed by atoms with E-state index in [0.29, 0.717) is 13.0 Å². The molecular weight excluding hydrogens is 288 g/mol. The normalized spacial score (nSPS) is 20.5. The zero-order chi connectivity index (χ0) is 15.1. The molecule has 1 saturated heterocycles. The van der Waals surface area contributed by atoms with E-state index in [9.17, 15) is 8.42 Å². The third kappa shape index (κ3) is 6.13. The van der Waals surface area contributed by atoms with Crippen molar-refractivity contribution in [1.29, 1.82) is 0 Å². The maximum atomic E-state index is 11.9. The van der Waals surface area contributed by atoms with Crippen LogP contribution < -0.4 is 4.72 Å². The van der Waals surface area contributed by atoms with Gasteiger partial charge in [0.2, 0.25) is 10.0 Å². The molecule has 0 bridgehead atoms. The molecule has 1 atom stereocenters. The minimum atomic E-state index is -3.21. The van der Waals surface area contributed by atoms with Crippen molar-refractivity contribution in [2.24, 2.45) is 0 Å². The van der Waals surface area contributed by atoms with Crippen LogP contribution in [0.4, 0.5) is 0 Å². The number of ether oxygens (including phenoxy) is 1. The summed E-state index contributed by atoms with van der Waals surface area (Å²) in [7, 11) is -1.16. The molecule has 0 aromatic heterocycles. The van der Waals surface area contributed by atoms with Crippen molar-refractivity contribution < 1.29 is 13.2 Å². The summed E-state index contributed by atoms with van der Waals surface area (Å²) in [6.45, 7) is 2.97. The van der Waals surface area contributed by atoms with Crippen molar-refractivity contribution in [3.8, 4) is 0 Å². The topological polar surface area (TPSA) is 58.6 Å². The molecule has 1 aliphatic heterocycles. The van der Waals surface area contributed by atoms with E-state index in [1.54, 1.807) is 0 Å². The molecule has 0 aliphatic carbocycles. The quantitative estimate of drug-likeness (QED) is 0.812. The Labute approximate surface area is 127 Å². The average molecular weight is 312 g/mol. The lowest BCUT2D eigenvalue weighted by atomic mass is 10.2. The molecule has 1 N–H and O–H groups in total. The number of sulfonamides is 1. The molecule has 1 aromatic carbocycles. The second-order valence-corrected chi connectivity index (χ2v) is 7.42. The zero-order valence-corrected chi connectivity index (χ0v) is 13.3. The largest absolute Gasteiger partial charge is 0.376 e. The highest BCUT2D eigenvalue weighted by atomic mass is 32.2. The molecule has 0 radical (unpaired) electrons. The van der Waals surface area contributed by atoms with Crippen LogP contribution in [0.5, 0.6) is 0 Å². The summed E-state index contributed by atoms with van der Waals surface area (Å²) in [4.78, 5) is 2.21. The van der Waals surface area contributed by atoms with Gasteiger partial charge in [0, 0.05) is 19.6 Å². The molecule has 21 heavy (non-hydrogen) atoms. The second kappa shape index (κ2) is 7.89. The maximum Gasteiger partial charge on any atom is 0.211 e. The summed E-state index contributed by atoms with van der Waals surface area (Å²) in [5.41, 5.74) is 1.04. The Morgan fingerprint density at radius 1 is 1.33 bits per heavy atom. The molecule has 0 amide bonds. The van der Waals surface area contributed by atoms with E-state index in [0.717, 1.165) is 31.7 Å². The van der Waals surface area contributed by atoms with E-state index < -0.39 is 10.0 Å². The van der Waals surface area contributed by atoms with Gasteiger partial charge in [-0.05, 0) is 25.5 Å². The fourth-order valence-electron chi connectivity index (χ4n) is 2.39. The molecule has 1 unspecified atom stereocenters. The number of hydrogen-bond donors (Lipinski definition) is 1. The van der Waals surface area contributed by atoms with Crippen molar-refractivity contribution >= 4 is 10.0 Å². The number of nitrogens with one attached hydrogen (secondary N) is 1. The first kappa shape index (κ1) is 16.4. The lowest BCUT2D eigenvalue weighted by molar-refractivity contribution is -0.0222. The molecule has 1 aromatic rings. The van der Waals surface area contributed by atoms with Crippen LogP contribution in [0.3, 0.4) is 0 Å². The van der Waals surface area contributed by atoms with Crippen molar-refractivity contribution in [3.05, 3.63) is 35.9 Å². The minimum Gasteiger partial charge on any atom is -0.376 e. The Bertz CT molecular complexity index is 519.